The molecule has 0 radical (unpaired) electrons. The molecule has 2 N–H and O–H groups in total. The molecule has 2 rings (SSSR count). The summed E-state index contributed by atoms with van der Waals surface area (Å²) in [5.74, 6) is 0.404. The van der Waals surface area contributed by atoms with Crippen molar-refractivity contribution in [3.63, 3.8) is 0 Å². The molecule has 0 saturated heterocycles. The Morgan fingerprint density at radius 3 is 2.94 bits per heavy atom. The van der Waals surface area contributed by atoms with Crippen LogP contribution in [0, 0.1) is 0 Å². The molecule has 0 aliphatic carbocycles. The molecule has 2 aromatic rings. The number of aromatic nitrogens is 4. The SMILES string of the molecule is CCCCCCOCn1cnc2c(N)ncnc21. The normalized spacial score (nSPS) is 11.2. The number of hydrogen-bond donors (Lipinski definition) is 1. The van der Waals surface area contributed by atoms with Crippen molar-refractivity contribution in [2.24, 2.45) is 0 Å². The Balaban J connectivity index is 1.86. The highest BCUT2D eigenvalue weighted by molar-refractivity contribution is 5.80. The number of nitrogens with zero attached hydrogens (tertiary/aromatic N) is 4. The molecule has 0 saturated carbocycles. The second-order valence-corrected chi connectivity index (χ2v) is 4.24. The van der Waals surface area contributed by atoms with Gasteiger partial charge in [0.2, 0.25) is 0 Å². The van der Waals surface area contributed by atoms with Crippen molar-refractivity contribution in [3.8, 4) is 0 Å². The predicted molar refractivity (Wildman–Crippen MR) is 69.8 cm³/mol. The molecule has 0 aromatic carbocycles. The molecule has 0 unspecified atom stereocenters. The molecule has 0 amide bonds. The second-order valence-electron chi connectivity index (χ2n) is 4.24. The number of imidazole rings is 1. The molecule has 0 aliphatic heterocycles. The second kappa shape index (κ2) is 6.30. The third-order valence-corrected chi connectivity index (χ3v) is 2.80. The van der Waals surface area contributed by atoms with E-state index in [9.17, 15) is 0 Å². The van der Waals surface area contributed by atoms with Gasteiger partial charge in [0.25, 0.3) is 0 Å². The maximum atomic E-state index is 5.71. The van der Waals surface area contributed by atoms with Gasteiger partial charge in [-0.3, -0.25) is 4.57 Å². The molecule has 0 bridgehead atoms. The van der Waals surface area contributed by atoms with Crippen LogP contribution in [0.3, 0.4) is 0 Å². The topological polar surface area (TPSA) is 78.9 Å². The lowest BCUT2D eigenvalue weighted by atomic mass is 10.2. The lowest BCUT2D eigenvalue weighted by Gasteiger charge is -2.05. The maximum Gasteiger partial charge on any atom is 0.167 e. The Morgan fingerprint density at radius 1 is 1.22 bits per heavy atom. The highest BCUT2D eigenvalue weighted by atomic mass is 16.5. The number of anilines is 1. The zero-order valence-electron chi connectivity index (χ0n) is 10.7. The van der Waals surface area contributed by atoms with E-state index in [0.717, 1.165) is 18.7 Å². The smallest absolute Gasteiger partial charge is 0.167 e. The quantitative estimate of drug-likeness (QED) is 0.759. The number of rotatable bonds is 7. The van der Waals surface area contributed by atoms with Crippen LogP contribution in [-0.2, 0) is 11.5 Å². The number of nitrogen functional groups attached to an aromatic ring is 1. The van der Waals surface area contributed by atoms with Crippen LogP contribution in [0.5, 0.6) is 0 Å². The van der Waals surface area contributed by atoms with Gasteiger partial charge < -0.3 is 10.5 Å². The van der Waals surface area contributed by atoms with E-state index in [1.54, 1.807) is 6.33 Å². The van der Waals surface area contributed by atoms with Crippen molar-refractivity contribution in [1.82, 2.24) is 19.5 Å². The fourth-order valence-corrected chi connectivity index (χ4v) is 1.79. The summed E-state index contributed by atoms with van der Waals surface area (Å²) in [6.07, 6.45) is 7.94. The Morgan fingerprint density at radius 2 is 2.11 bits per heavy atom. The summed E-state index contributed by atoms with van der Waals surface area (Å²) in [5.41, 5.74) is 7.06. The summed E-state index contributed by atoms with van der Waals surface area (Å²) in [7, 11) is 0. The van der Waals surface area contributed by atoms with Crippen LogP contribution in [0.4, 0.5) is 5.82 Å². The molecule has 0 atom stereocenters. The van der Waals surface area contributed by atoms with Gasteiger partial charge in [0.1, 0.15) is 18.6 Å². The van der Waals surface area contributed by atoms with Gasteiger partial charge in [-0.15, -0.1) is 0 Å². The van der Waals surface area contributed by atoms with Gasteiger partial charge in [0, 0.05) is 6.61 Å². The minimum absolute atomic E-state index is 0.404. The number of fused-ring (bicyclic) bond motifs is 1. The molecule has 98 valence electrons. The first kappa shape index (κ1) is 12.8. The van der Waals surface area contributed by atoms with E-state index >= 15 is 0 Å². The van der Waals surface area contributed by atoms with Crippen molar-refractivity contribution in [1.29, 1.82) is 0 Å². The van der Waals surface area contributed by atoms with Crippen molar-refractivity contribution >= 4 is 17.0 Å². The summed E-state index contributed by atoms with van der Waals surface area (Å²) in [5, 5.41) is 0. The Kier molecular flexibility index (Phi) is 4.46. The summed E-state index contributed by atoms with van der Waals surface area (Å²) in [4.78, 5) is 12.2. The molecule has 18 heavy (non-hydrogen) atoms. The Labute approximate surface area is 106 Å². The fourth-order valence-electron chi connectivity index (χ4n) is 1.79. The largest absolute Gasteiger partial charge is 0.382 e. The zero-order valence-corrected chi connectivity index (χ0v) is 10.7. The molecule has 2 heterocycles. The minimum atomic E-state index is 0.404. The Hall–Kier alpha value is -1.69. The van der Waals surface area contributed by atoms with Crippen LogP contribution in [0.25, 0.3) is 11.2 Å². The maximum absolute atomic E-state index is 5.71. The number of unbranched alkanes of at least 4 members (excludes halogenated alkanes) is 3. The van der Waals surface area contributed by atoms with Crippen LogP contribution in [0.2, 0.25) is 0 Å². The molecule has 6 heteroatoms. The summed E-state index contributed by atoms with van der Waals surface area (Å²) in [6.45, 7) is 3.42. The predicted octanol–water partition coefficient (Wildman–Crippen LogP) is 1.96. The number of hydrogen-bond acceptors (Lipinski definition) is 5. The van der Waals surface area contributed by atoms with Gasteiger partial charge in [-0.25, -0.2) is 15.0 Å². The van der Waals surface area contributed by atoms with Crippen molar-refractivity contribution in [2.75, 3.05) is 12.3 Å². The van der Waals surface area contributed by atoms with E-state index in [-0.39, 0.29) is 0 Å². The standard InChI is InChI=1S/C12H19N5O/c1-2-3-4-5-6-18-9-17-8-16-10-11(13)14-7-15-12(10)17/h7-8H,2-6,9H2,1H3,(H2,13,14,15). The average Bonchev–Trinajstić information content (AvgIpc) is 2.79. The van der Waals surface area contributed by atoms with Gasteiger partial charge >= 0.3 is 0 Å². The third-order valence-electron chi connectivity index (χ3n) is 2.80. The first-order valence-corrected chi connectivity index (χ1v) is 6.32. The van der Waals surface area contributed by atoms with Gasteiger partial charge in [0.15, 0.2) is 11.5 Å². The van der Waals surface area contributed by atoms with E-state index in [1.807, 2.05) is 4.57 Å². The average molecular weight is 249 g/mol. The van der Waals surface area contributed by atoms with E-state index in [4.69, 9.17) is 10.5 Å². The number of nitrogens with two attached hydrogens (primary N) is 1. The molecular weight excluding hydrogens is 230 g/mol. The number of ether oxygens (including phenoxy) is 1. The van der Waals surface area contributed by atoms with E-state index in [0.29, 0.717) is 18.1 Å². The summed E-state index contributed by atoms with van der Waals surface area (Å²) in [6, 6.07) is 0. The van der Waals surface area contributed by atoms with E-state index in [1.165, 1.54) is 25.6 Å². The van der Waals surface area contributed by atoms with Crippen molar-refractivity contribution < 1.29 is 4.74 Å². The highest BCUT2D eigenvalue weighted by Crippen LogP contribution is 2.13. The lowest BCUT2D eigenvalue weighted by molar-refractivity contribution is 0.0760. The van der Waals surface area contributed by atoms with Crippen molar-refractivity contribution in [2.45, 2.75) is 39.3 Å². The van der Waals surface area contributed by atoms with E-state index < -0.39 is 0 Å². The molecule has 6 nitrogen and oxygen atoms in total. The highest BCUT2D eigenvalue weighted by Gasteiger charge is 2.06. The Bertz CT molecular complexity index is 496. The molecular formula is C12H19N5O. The molecule has 0 fully saturated rings. The van der Waals surface area contributed by atoms with Gasteiger partial charge in [0.05, 0.1) is 6.33 Å². The summed E-state index contributed by atoms with van der Waals surface area (Å²) >= 11 is 0. The van der Waals surface area contributed by atoms with Crippen LogP contribution < -0.4 is 5.73 Å². The third kappa shape index (κ3) is 2.95. The fraction of sp³-hybridized carbons (Fsp3) is 0.583. The first-order chi connectivity index (χ1) is 8.83. The van der Waals surface area contributed by atoms with Crippen LogP contribution in [-0.4, -0.2) is 26.1 Å². The first-order valence-electron chi connectivity index (χ1n) is 6.32. The molecule has 0 aliphatic rings. The lowest BCUT2D eigenvalue weighted by Crippen LogP contribution is -2.04. The van der Waals surface area contributed by atoms with Crippen LogP contribution in [0.15, 0.2) is 12.7 Å². The van der Waals surface area contributed by atoms with Gasteiger partial charge in [-0.05, 0) is 6.42 Å². The zero-order chi connectivity index (χ0) is 12.8. The van der Waals surface area contributed by atoms with Crippen LogP contribution >= 0.6 is 0 Å². The molecule has 0 spiro atoms. The van der Waals surface area contributed by atoms with E-state index in [2.05, 4.69) is 21.9 Å². The van der Waals surface area contributed by atoms with Gasteiger partial charge in [-0.1, -0.05) is 26.2 Å². The van der Waals surface area contributed by atoms with Crippen molar-refractivity contribution in [3.05, 3.63) is 12.7 Å². The monoisotopic (exact) mass is 249 g/mol. The summed E-state index contributed by atoms with van der Waals surface area (Å²) < 4.78 is 7.43. The minimum Gasteiger partial charge on any atom is -0.382 e. The van der Waals surface area contributed by atoms with Crippen LogP contribution in [0.1, 0.15) is 32.6 Å². The molecule has 2 aromatic heterocycles. The van der Waals surface area contributed by atoms with Gasteiger partial charge in [-0.2, -0.15) is 0 Å².